The molecule has 1 aromatic heterocycles. The Hall–Kier alpha value is -2.79. The summed E-state index contributed by atoms with van der Waals surface area (Å²) >= 11 is 1.21. The molecule has 35 heavy (non-hydrogen) atoms. The van der Waals surface area contributed by atoms with Gasteiger partial charge in [0.2, 0.25) is 5.91 Å². The van der Waals surface area contributed by atoms with E-state index in [9.17, 15) is 13.2 Å². The van der Waals surface area contributed by atoms with Gasteiger partial charge in [0.15, 0.2) is 5.13 Å². The number of hydrogen-bond acceptors (Lipinski definition) is 7. The number of carbonyl (C=O) groups excluding carboxylic acids is 1. The van der Waals surface area contributed by atoms with Crippen LogP contribution in [0.4, 0.5) is 10.8 Å². The standard InChI is InChI=1S/C13H13N3O3S2.C12H18N2.3H2/c17-12-2-1-8-16(12)10-3-5-11(6-4-10)21(18,19)15-13-14-7-9-20-13;1-11(12-5-3-2-4-6-12)14-9-7-13-8-10-14;;;/h3-7,9H,1-2,8H2,(H,14,15);2-6,11,13H,7-10H2,1H3;3*1H/t;11-;;;/m.0.../s1. The first-order chi connectivity index (χ1) is 16.9. The number of rotatable bonds is 6. The van der Waals surface area contributed by atoms with Gasteiger partial charge in [-0.05, 0) is 43.2 Å². The molecule has 2 aliphatic rings. The van der Waals surface area contributed by atoms with E-state index in [2.05, 4.69) is 57.2 Å². The van der Waals surface area contributed by atoms with E-state index in [0.29, 0.717) is 24.1 Å². The van der Waals surface area contributed by atoms with Crippen LogP contribution in [-0.2, 0) is 14.8 Å². The van der Waals surface area contributed by atoms with Crippen LogP contribution in [0, 0.1) is 0 Å². The van der Waals surface area contributed by atoms with E-state index in [1.807, 2.05) is 0 Å². The number of carbonyl (C=O) groups is 1. The van der Waals surface area contributed by atoms with Crippen molar-refractivity contribution in [1.82, 2.24) is 15.2 Å². The zero-order chi connectivity index (χ0) is 24.7. The number of benzene rings is 2. The number of piperazine rings is 1. The molecule has 0 spiro atoms. The van der Waals surface area contributed by atoms with Crippen LogP contribution >= 0.6 is 11.3 Å². The lowest BCUT2D eigenvalue weighted by Crippen LogP contribution is -2.44. The maximum atomic E-state index is 12.2. The lowest BCUT2D eigenvalue weighted by Gasteiger charge is -2.33. The molecule has 5 rings (SSSR count). The van der Waals surface area contributed by atoms with Crippen molar-refractivity contribution in [3.8, 4) is 0 Å². The van der Waals surface area contributed by atoms with Crippen LogP contribution < -0.4 is 14.9 Å². The van der Waals surface area contributed by atoms with Crippen molar-refractivity contribution < 1.29 is 17.5 Å². The zero-order valence-corrected chi connectivity index (χ0v) is 21.4. The summed E-state index contributed by atoms with van der Waals surface area (Å²) in [7, 11) is -3.64. The Morgan fingerprint density at radius 2 is 1.77 bits per heavy atom. The molecule has 3 aromatic rings. The van der Waals surface area contributed by atoms with Crippen molar-refractivity contribution in [3.05, 3.63) is 71.7 Å². The molecular weight excluding hydrogens is 482 g/mol. The molecule has 0 radical (unpaired) electrons. The highest BCUT2D eigenvalue weighted by Gasteiger charge is 2.22. The molecule has 10 heteroatoms. The van der Waals surface area contributed by atoms with Crippen LogP contribution in [0.3, 0.4) is 0 Å². The molecule has 0 saturated carbocycles. The second-order valence-electron chi connectivity index (χ2n) is 8.46. The van der Waals surface area contributed by atoms with Gasteiger partial charge in [0, 0.05) is 66.7 Å². The van der Waals surface area contributed by atoms with E-state index in [0.717, 1.165) is 38.3 Å². The van der Waals surface area contributed by atoms with Crippen LogP contribution in [-0.4, -0.2) is 56.9 Å². The minimum absolute atomic E-state index is 0. The van der Waals surface area contributed by atoms with Gasteiger partial charge in [-0.3, -0.25) is 14.4 Å². The third-order valence-electron chi connectivity index (χ3n) is 6.17. The number of amides is 1. The fraction of sp³-hybridized carbons (Fsp3) is 0.360. The normalized spacial score (nSPS) is 17.5. The summed E-state index contributed by atoms with van der Waals surface area (Å²) in [5, 5.41) is 5.40. The summed E-state index contributed by atoms with van der Waals surface area (Å²) in [6.45, 7) is 7.55. The molecule has 0 bridgehead atoms. The Balaban J connectivity index is 0.000000376. The summed E-state index contributed by atoms with van der Waals surface area (Å²) in [5.41, 5.74) is 2.15. The summed E-state index contributed by atoms with van der Waals surface area (Å²) in [6, 6.07) is 17.6. The third kappa shape index (κ3) is 6.66. The first-order valence-electron chi connectivity index (χ1n) is 11.8. The lowest BCUT2D eigenvalue weighted by atomic mass is 10.1. The van der Waals surface area contributed by atoms with Crippen molar-refractivity contribution in [2.24, 2.45) is 0 Å². The summed E-state index contributed by atoms with van der Waals surface area (Å²) in [5.74, 6) is 0.0755. The highest BCUT2D eigenvalue weighted by Crippen LogP contribution is 2.24. The van der Waals surface area contributed by atoms with Crippen molar-refractivity contribution in [2.75, 3.05) is 42.3 Å². The van der Waals surface area contributed by atoms with E-state index in [4.69, 9.17) is 0 Å². The van der Waals surface area contributed by atoms with E-state index < -0.39 is 10.0 Å². The average molecular weight is 520 g/mol. The largest absolute Gasteiger partial charge is 0.314 e. The molecule has 0 aliphatic carbocycles. The molecule has 3 heterocycles. The first kappa shape index (κ1) is 25.3. The fourth-order valence-corrected chi connectivity index (χ4v) is 5.97. The lowest BCUT2D eigenvalue weighted by molar-refractivity contribution is -0.117. The number of anilines is 2. The average Bonchev–Trinajstić information content (AvgIpc) is 3.56. The zero-order valence-electron chi connectivity index (χ0n) is 19.8. The van der Waals surface area contributed by atoms with Gasteiger partial charge >= 0.3 is 0 Å². The topological polar surface area (TPSA) is 94.6 Å². The molecule has 2 N–H and O–H groups in total. The Labute approximate surface area is 215 Å². The van der Waals surface area contributed by atoms with Crippen LogP contribution in [0.25, 0.3) is 0 Å². The monoisotopic (exact) mass is 519 g/mol. The second-order valence-corrected chi connectivity index (χ2v) is 11.0. The maximum absolute atomic E-state index is 12.2. The molecule has 1 atom stereocenters. The molecule has 192 valence electrons. The highest BCUT2D eigenvalue weighted by molar-refractivity contribution is 7.93. The molecule has 8 nitrogen and oxygen atoms in total. The number of nitrogens with zero attached hydrogens (tertiary/aromatic N) is 3. The second kappa shape index (κ2) is 11.8. The molecule has 1 amide bonds. The summed E-state index contributed by atoms with van der Waals surface area (Å²) in [4.78, 5) is 19.9. The minimum Gasteiger partial charge on any atom is -0.314 e. The van der Waals surface area contributed by atoms with Gasteiger partial charge < -0.3 is 10.2 Å². The Kier molecular flexibility index (Phi) is 8.50. The van der Waals surface area contributed by atoms with E-state index >= 15 is 0 Å². The van der Waals surface area contributed by atoms with Crippen LogP contribution in [0.1, 0.15) is 35.7 Å². The number of nitrogens with one attached hydrogen (secondary N) is 2. The fourth-order valence-electron chi connectivity index (χ4n) is 4.19. The third-order valence-corrected chi connectivity index (χ3v) is 8.34. The van der Waals surface area contributed by atoms with Crippen molar-refractivity contribution in [2.45, 2.75) is 30.7 Å². The number of sulfonamides is 1. The van der Waals surface area contributed by atoms with Gasteiger partial charge in [-0.25, -0.2) is 13.4 Å². The molecule has 0 unspecified atom stereocenters. The smallest absolute Gasteiger partial charge is 0.263 e. The van der Waals surface area contributed by atoms with Gasteiger partial charge in [0.1, 0.15) is 0 Å². The summed E-state index contributed by atoms with van der Waals surface area (Å²) < 4.78 is 26.8. The van der Waals surface area contributed by atoms with Gasteiger partial charge in [-0.15, -0.1) is 11.3 Å². The van der Waals surface area contributed by atoms with Gasteiger partial charge in [-0.2, -0.15) is 0 Å². The maximum Gasteiger partial charge on any atom is 0.263 e. The predicted octanol–water partition coefficient (Wildman–Crippen LogP) is 4.46. The van der Waals surface area contributed by atoms with Crippen molar-refractivity contribution in [3.63, 3.8) is 0 Å². The van der Waals surface area contributed by atoms with Crippen LogP contribution in [0.5, 0.6) is 0 Å². The molecule has 2 saturated heterocycles. The first-order valence-corrected chi connectivity index (χ1v) is 14.1. The molecule has 2 aliphatic heterocycles. The number of thiazole rings is 1. The summed E-state index contributed by atoms with van der Waals surface area (Å²) in [6.07, 6.45) is 2.92. The Bertz CT molecular complexity index is 1190. The van der Waals surface area contributed by atoms with Crippen LogP contribution in [0.15, 0.2) is 71.1 Å². The minimum atomic E-state index is -3.64. The van der Waals surface area contributed by atoms with Crippen molar-refractivity contribution in [1.29, 1.82) is 0 Å². The molecular formula is C25H37N5O3S2. The van der Waals surface area contributed by atoms with E-state index in [-0.39, 0.29) is 15.1 Å². The number of aromatic nitrogens is 1. The van der Waals surface area contributed by atoms with E-state index in [1.54, 1.807) is 22.4 Å². The predicted molar refractivity (Wildman–Crippen MR) is 147 cm³/mol. The SMILES string of the molecule is C[C@@H](c1ccccc1)N1CCNCC1.O=C1CCCN1c1ccc(S(=O)(=O)Nc2nccs2)cc1.[HH].[HH].[HH]. The quantitative estimate of drug-likeness (QED) is 0.499. The van der Waals surface area contributed by atoms with E-state index in [1.165, 1.54) is 35.2 Å². The highest BCUT2D eigenvalue weighted by atomic mass is 32.2. The van der Waals surface area contributed by atoms with Gasteiger partial charge in [-0.1, -0.05) is 30.3 Å². The van der Waals surface area contributed by atoms with Gasteiger partial charge in [0.05, 0.1) is 4.90 Å². The number of hydrogen-bond donors (Lipinski definition) is 2. The Morgan fingerprint density at radius 1 is 1.06 bits per heavy atom. The van der Waals surface area contributed by atoms with Crippen LogP contribution in [0.2, 0.25) is 0 Å². The molecule has 2 fully saturated rings. The Morgan fingerprint density at radius 3 is 2.37 bits per heavy atom. The molecule has 2 aromatic carbocycles. The van der Waals surface area contributed by atoms with Gasteiger partial charge in [0.25, 0.3) is 10.0 Å². The van der Waals surface area contributed by atoms with Crippen molar-refractivity contribution >= 4 is 38.1 Å².